The molecule has 4 heteroatoms. The van der Waals surface area contributed by atoms with Gasteiger partial charge in [-0.1, -0.05) is 26.3 Å². The van der Waals surface area contributed by atoms with Crippen molar-refractivity contribution < 1.29 is 13.9 Å². The monoisotopic (exact) mass is 291 g/mol. The summed E-state index contributed by atoms with van der Waals surface area (Å²) in [6.07, 6.45) is 5.02. The van der Waals surface area contributed by atoms with Gasteiger partial charge in [0.15, 0.2) is 0 Å². The fraction of sp³-hybridized carbons (Fsp3) is 0.588. The van der Waals surface area contributed by atoms with Crippen LogP contribution in [0.4, 0.5) is 0 Å². The number of nitrogens with one attached hydrogen (secondary N) is 1. The molecule has 1 heterocycles. The average Bonchev–Trinajstić information content (AvgIpc) is 2.94. The molecule has 0 unspecified atom stereocenters. The Bertz CT molecular complexity index is 492. The van der Waals surface area contributed by atoms with Crippen LogP contribution < -0.4 is 5.32 Å². The van der Waals surface area contributed by atoms with Gasteiger partial charge in [-0.15, -0.1) is 0 Å². The molecule has 0 amide bonds. The van der Waals surface area contributed by atoms with Crippen LogP contribution in [0.3, 0.4) is 0 Å². The maximum atomic E-state index is 11.5. The van der Waals surface area contributed by atoms with Crippen LogP contribution in [0.15, 0.2) is 28.8 Å². The molecule has 116 valence electrons. The zero-order valence-electron chi connectivity index (χ0n) is 13.0. The Kier molecular flexibility index (Phi) is 5.48. The van der Waals surface area contributed by atoms with Gasteiger partial charge in [0.25, 0.3) is 0 Å². The molecule has 1 aliphatic carbocycles. The maximum absolute atomic E-state index is 11.5. The van der Waals surface area contributed by atoms with Crippen LogP contribution in [0.5, 0.6) is 0 Å². The zero-order valence-corrected chi connectivity index (χ0v) is 13.0. The predicted molar refractivity (Wildman–Crippen MR) is 81.8 cm³/mol. The van der Waals surface area contributed by atoms with E-state index in [-0.39, 0.29) is 5.76 Å². The Labute approximate surface area is 126 Å². The summed E-state index contributed by atoms with van der Waals surface area (Å²) < 4.78 is 10.4. The second-order valence-corrected chi connectivity index (χ2v) is 5.83. The molecule has 0 spiro atoms. The lowest BCUT2D eigenvalue weighted by Crippen LogP contribution is -2.23. The van der Waals surface area contributed by atoms with Crippen molar-refractivity contribution in [3.63, 3.8) is 0 Å². The highest BCUT2D eigenvalue weighted by molar-refractivity contribution is 5.86. The molecule has 0 saturated heterocycles. The molecule has 0 radical (unpaired) electrons. The third-order valence-corrected chi connectivity index (χ3v) is 4.06. The number of hydrogen-bond acceptors (Lipinski definition) is 4. The summed E-state index contributed by atoms with van der Waals surface area (Å²) in [5, 5.41) is 3.33. The first-order valence-electron chi connectivity index (χ1n) is 7.78. The Morgan fingerprint density at radius 2 is 2.29 bits per heavy atom. The standard InChI is InChI=1S/C17H25NO3/c1-4-20-17(19)16-9-8-15(21-16)11-18-13(3)14-7-5-6-12(2)10-14/h8-9,12,14,18H,3-7,10-11H2,1-2H3/t12-,14+/m1/s1. The first kappa shape index (κ1) is 15.7. The highest BCUT2D eigenvalue weighted by Crippen LogP contribution is 2.31. The average molecular weight is 291 g/mol. The predicted octanol–water partition coefficient (Wildman–Crippen LogP) is 3.89. The van der Waals surface area contributed by atoms with Crippen molar-refractivity contribution in [1.29, 1.82) is 0 Å². The van der Waals surface area contributed by atoms with Crippen molar-refractivity contribution in [2.75, 3.05) is 6.61 Å². The fourth-order valence-corrected chi connectivity index (χ4v) is 2.88. The van der Waals surface area contributed by atoms with E-state index in [4.69, 9.17) is 9.15 Å². The van der Waals surface area contributed by atoms with E-state index in [9.17, 15) is 4.79 Å². The van der Waals surface area contributed by atoms with Crippen LogP contribution in [0.2, 0.25) is 0 Å². The maximum Gasteiger partial charge on any atom is 0.374 e. The van der Waals surface area contributed by atoms with Gasteiger partial charge in [-0.05, 0) is 43.7 Å². The van der Waals surface area contributed by atoms with Crippen molar-refractivity contribution in [1.82, 2.24) is 5.32 Å². The van der Waals surface area contributed by atoms with E-state index < -0.39 is 5.97 Å². The summed E-state index contributed by atoms with van der Waals surface area (Å²) in [4.78, 5) is 11.5. The van der Waals surface area contributed by atoms with Crippen LogP contribution in [-0.4, -0.2) is 12.6 Å². The number of carbonyl (C=O) groups is 1. The number of ether oxygens (including phenoxy) is 1. The smallest absolute Gasteiger partial charge is 0.374 e. The molecule has 1 fully saturated rings. The summed E-state index contributed by atoms with van der Waals surface area (Å²) in [5.74, 6) is 1.90. The highest BCUT2D eigenvalue weighted by atomic mass is 16.5. The van der Waals surface area contributed by atoms with E-state index >= 15 is 0 Å². The lowest BCUT2D eigenvalue weighted by molar-refractivity contribution is 0.0488. The van der Waals surface area contributed by atoms with Gasteiger partial charge in [0.1, 0.15) is 5.76 Å². The molecule has 0 aliphatic heterocycles. The van der Waals surface area contributed by atoms with Crippen molar-refractivity contribution >= 4 is 5.97 Å². The van der Waals surface area contributed by atoms with Crippen molar-refractivity contribution in [3.05, 3.63) is 35.9 Å². The lowest BCUT2D eigenvalue weighted by Gasteiger charge is -2.28. The minimum Gasteiger partial charge on any atom is -0.460 e. The third-order valence-electron chi connectivity index (χ3n) is 4.06. The van der Waals surface area contributed by atoms with Crippen LogP contribution >= 0.6 is 0 Å². The molecular weight excluding hydrogens is 266 g/mol. The van der Waals surface area contributed by atoms with Gasteiger partial charge in [-0.25, -0.2) is 4.79 Å². The summed E-state index contributed by atoms with van der Waals surface area (Å²) in [5.41, 5.74) is 1.08. The van der Waals surface area contributed by atoms with Crippen LogP contribution in [0.1, 0.15) is 55.8 Å². The number of hydrogen-bond donors (Lipinski definition) is 1. The molecule has 2 atom stereocenters. The van der Waals surface area contributed by atoms with Crippen LogP contribution in [0, 0.1) is 11.8 Å². The van der Waals surface area contributed by atoms with Crippen molar-refractivity contribution in [2.24, 2.45) is 11.8 Å². The molecule has 1 aromatic heterocycles. The number of carbonyl (C=O) groups excluding carboxylic acids is 1. The SMILES string of the molecule is C=C(NCc1ccc(C(=O)OCC)o1)[C@H]1CCC[C@@H](C)C1. The number of furan rings is 1. The second kappa shape index (κ2) is 7.34. The number of esters is 1. The van der Waals surface area contributed by atoms with Gasteiger partial charge in [-0.2, -0.15) is 0 Å². The molecule has 1 N–H and O–H groups in total. The molecule has 1 saturated carbocycles. The van der Waals surface area contributed by atoms with E-state index in [1.165, 1.54) is 25.7 Å². The van der Waals surface area contributed by atoms with Crippen LogP contribution in [-0.2, 0) is 11.3 Å². The summed E-state index contributed by atoms with van der Waals surface area (Å²) in [6, 6.07) is 3.45. The van der Waals surface area contributed by atoms with E-state index in [0.29, 0.717) is 19.1 Å². The fourth-order valence-electron chi connectivity index (χ4n) is 2.88. The molecule has 0 aromatic carbocycles. The van der Waals surface area contributed by atoms with Crippen molar-refractivity contribution in [3.8, 4) is 0 Å². The molecule has 1 aromatic rings. The van der Waals surface area contributed by atoms with E-state index in [1.54, 1.807) is 19.1 Å². The quantitative estimate of drug-likeness (QED) is 0.808. The van der Waals surface area contributed by atoms with E-state index in [0.717, 1.165) is 17.4 Å². The van der Waals surface area contributed by atoms with Gasteiger partial charge in [0.2, 0.25) is 5.76 Å². The summed E-state index contributed by atoms with van der Waals surface area (Å²) in [6.45, 7) is 9.14. The van der Waals surface area contributed by atoms with Gasteiger partial charge >= 0.3 is 5.97 Å². The third kappa shape index (κ3) is 4.38. The zero-order chi connectivity index (χ0) is 15.2. The first-order chi connectivity index (χ1) is 10.1. The largest absolute Gasteiger partial charge is 0.460 e. The molecule has 4 nitrogen and oxygen atoms in total. The summed E-state index contributed by atoms with van der Waals surface area (Å²) >= 11 is 0. The Hall–Kier alpha value is -1.71. The first-order valence-corrected chi connectivity index (χ1v) is 7.78. The van der Waals surface area contributed by atoms with Gasteiger partial charge in [0.05, 0.1) is 13.2 Å². The molecule has 2 rings (SSSR count). The number of allylic oxidation sites excluding steroid dienone is 1. The van der Waals surface area contributed by atoms with E-state index in [2.05, 4.69) is 18.8 Å². The Morgan fingerprint density at radius 3 is 3.00 bits per heavy atom. The normalized spacial score (nSPS) is 21.8. The second-order valence-electron chi connectivity index (χ2n) is 5.83. The highest BCUT2D eigenvalue weighted by Gasteiger charge is 2.21. The molecule has 0 bridgehead atoms. The molecular formula is C17H25NO3. The molecule has 21 heavy (non-hydrogen) atoms. The van der Waals surface area contributed by atoms with E-state index in [1.807, 2.05) is 0 Å². The number of rotatable bonds is 6. The minimum atomic E-state index is -0.413. The minimum absolute atomic E-state index is 0.255. The van der Waals surface area contributed by atoms with Gasteiger partial charge in [0, 0.05) is 5.70 Å². The lowest BCUT2D eigenvalue weighted by atomic mass is 9.81. The van der Waals surface area contributed by atoms with Gasteiger partial charge in [-0.3, -0.25) is 0 Å². The van der Waals surface area contributed by atoms with Crippen LogP contribution in [0.25, 0.3) is 0 Å². The summed E-state index contributed by atoms with van der Waals surface area (Å²) in [7, 11) is 0. The topological polar surface area (TPSA) is 51.5 Å². The van der Waals surface area contributed by atoms with Crippen molar-refractivity contribution in [2.45, 2.75) is 46.1 Å². The Balaban J connectivity index is 1.82. The Morgan fingerprint density at radius 1 is 1.48 bits per heavy atom. The van der Waals surface area contributed by atoms with Gasteiger partial charge < -0.3 is 14.5 Å². The molecule has 1 aliphatic rings.